The Balaban J connectivity index is 2.95. The molecule has 78 valence electrons. The summed E-state index contributed by atoms with van der Waals surface area (Å²) < 4.78 is 0. The third-order valence-corrected chi connectivity index (χ3v) is 3.12. The average Bonchev–Trinajstić information content (AvgIpc) is 2.46. The van der Waals surface area contributed by atoms with Gasteiger partial charge in [-0.2, -0.15) is 0 Å². The number of hydrogen-bond acceptors (Lipinski definition) is 5. The van der Waals surface area contributed by atoms with E-state index in [1.165, 1.54) is 6.92 Å². The highest BCUT2D eigenvalue weighted by Crippen LogP contribution is 2.32. The van der Waals surface area contributed by atoms with Gasteiger partial charge in [-0.25, -0.2) is 0 Å². The van der Waals surface area contributed by atoms with Crippen LogP contribution in [0.3, 0.4) is 0 Å². The molecule has 0 unspecified atom stereocenters. The number of nitrogens with one attached hydrogen (secondary N) is 2. The van der Waals surface area contributed by atoms with Gasteiger partial charge in [0.2, 0.25) is 0 Å². The number of nitrogens with zero attached hydrogens (tertiary/aromatic N) is 1. The van der Waals surface area contributed by atoms with Crippen LogP contribution in [-0.4, -0.2) is 14.9 Å². The molecule has 15 heavy (non-hydrogen) atoms. The third-order valence-electron chi connectivity index (χ3n) is 1.96. The van der Waals surface area contributed by atoms with Crippen LogP contribution in [0.4, 0.5) is 5.00 Å². The van der Waals surface area contributed by atoms with Gasteiger partial charge in [-0.3, -0.25) is 19.7 Å². The molecule has 2 aromatic heterocycles. The summed E-state index contributed by atoms with van der Waals surface area (Å²) in [5.74, 6) is 0. The lowest BCUT2D eigenvalue weighted by atomic mass is 10.3. The predicted octanol–water partition coefficient (Wildman–Crippen LogP) is 0.495. The smallest absolute Gasteiger partial charge is 0.315 e. The molecule has 8 heteroatoms. The molecule has 0 atom stereocenters. The molecule has 2 rings (SSSR count). The van der Waals surface area contributed by atoms with Gasteiger partial charge in [-0.05, 0) is 18.3 Å². The fourth-order valence-corrected chi connectivity index (χ4v) is 2.22. The number of aryl methyl sites for hydroxylation is 1. The van der Waals surface area contributed by atoms with Gasteiger partial charge in [-0.15, -0.1) is 0 Å². The highest BCUT2D eigenvalue weighted by atomic mass is 32.1. The van der Waals surface area contributed by atoms with Crippen LogP contribution in [0.2, 0.25) is 0 Å². The zero-order valence-electron chi connectivity index (χ0n) is 7.49. The summed E-state index contributed by atoms with van der Waals surface area (Å²) >= 11 is 0.830. The van der Waals surface area contributed by atoms with Gasteiger partial charge in [0.25, 0.3) is 0 Å². The van der Waals surface area contributed by atoms with Crippen LogP contribution in [0, 0.1) is 17.0 Å². The van der Waals surface area contributed by atoms with Crippen molar-refractivity contribution < 1.29 is 4.92 Å². The van der Waals surface area contributed by atoms with Crippen LogP contribution in [0.5, 0.6) is 0 Å². The topological polar surface area (TPSA) is 109 Å². The SMILES string of the molecule is Cc1c([N+](=O)[O-])sc2[nH]c(=O)c(=O)[nH]c12. The Kier molecular flexibility index (Phi) is 1.93. The second-order valence-electron chi connectivity index (χ2n) is 2.90. The van der Waals surface area contributed by atoms with E-state index < -0.39 is 16.0 Å². The van der Waals surface area contributed by atoms with Crippen molar-refractivity contribution in [1.29, 1.82) is 0 Å². The first kappa shape index (κ1) is 9.59. The molecule has 0 saturated carbocycles. The van der Waals surface area contributed by atoms with Crippen LogP contribution in [0.1, 0.15) is 5.56 Å². The summed E-state index contributed by atoms with van der Waals surface area (Å²) in [7, 11) is 0. The predicted molar refractivity (Wildman–Crippen MR) is 54.5 cm³/mol. The van der Waals surface area contributed by atoms with Gasteiger partial charge in [0, 0.05) is 0 Å². The maximum Gasteiger partial charge on any atom is 0.331 e. The fourth-order valence-electron chi connectivity index (χ4n) is 1.24. The maximum atomic E-state index is 11.0. The minimum Gasteiger partial charge on any atom is -0.315 e. The molecule has 2 N–H and O–H groups in total. The van der Waals surface area contributed by atoms with Gasteiger partial charge < -0.3 is 9.97 Å². The molecular weight excluding hydrogens is 222 g/mol. The van der Waals surface area contributed by atoms with Crippen molar-refractivity contribution in [3.05, 3.63) is 36.4 Å². The van der Waals surface area contributed by atoms with Gasteiger partial charge in [0.1, 0.15) is 4.83 Å². The number of hydrogen-bond donors (Lipinski definition) is 2. The minimum atomic E-state index is -0.807. The lowest BCUT2D eigenvalue weighted by Crippen LogP contribution is -2.28. The van der Waals surface area contributed by atoms with Gasteiger partial charge in [0.15, 0.2) is 0 Å². The second kappa shape index (κ2) is 3.02. The maximum absolute atomic E-state index is 11.0. The summed E-state index contributed by atoms with van der Waals surface area (Å²) in [6.45, 7) is 1.52. The summed E-state index contributed by atoms with van der Waals surface area (Å²) in [4.78, 5) is 36.9. The first-order valence-electron chi connectivity index (χ1n) is 3.91. The first-order valence-corrected chi connectivity index (χ1v) is 4.72. The summed E-state index contributed by atoms with van der Waals surface area (Å²) in [5, 5.41) is 10.5. The quantitative estimate of drug-likeness (QED) is 0.419. The van der Waals surface area contributed by atoms with Gasteiger partial charge in [-0.1, -0.05) is 0 Å². The molecule has 0 spiro atoms. The van der Waals surface area contributed by atoms with Gasteiger partial charge in [0.05, 0.1) is 16.0 Å². The monoisotopic (exact) mass is 227 g/mol. The van der Waals surface area contributed by atoms with Crippen molar-refractivity contribution in [3.8, 4) is 0 Å². The Hall–Kier alpha value is -1.96. The van der Waals surface area contributed by atoms with Crippen molar-refractivity contribution in [1.82, 2.24) is 9.97 Å². The van der Waals surface area contributed by atoms with E-state index in [1.807, 2.05) is 0 Å². The van der Waals surface area contributed by atoms with E-state index in [0.29, 0.717) is 15.9 Å². The molecule has 0 amide bonds. The van der Waals surface area contributed by atoms with Gasteiger partial charge >= 0.3 is 16.1 Å². The Labute approximate surface area is 85.5 Å². The average molecular weight is 227 g/mol. The Morgan fingerprint density at radius 2 is 1.87 bits per heavy atom. The number of thiophene rings is 1. The number of aromatic amines is 2. The Morgan fingerprint density at radius 1 is 1.27 bits per heavy atom. The number of fused-ring (bicyclic) bond motifs is 1. The number of H-pyrrole nitrogens is 2. The van der Waals surface area contributed by atoms with E-state index in [-0.39, 0.29) is 5.00 Å². The zero-order chi connectivity index (χ0) is 11.2. The van der Waals surface area contributed by atoms with Crippen LogP contribution >= 0.6 is 11.3 Å². The minimum absolute atomic E-state index is 0.0810. The molecule has 0 fully saturated rings. The molecule has 0 saturated heterocycles. The van der Waals surface area contributed by atoms with Crippen molar-refractivity contribution in [2.45, 2.75) is 6.92 Å². The first-order chi connectivity index (χ1) is 7.00. The zero-order valence-corrected chi connectivity index (χ0v) is 8.30. The van der Waals surface area contributed by atoms with E-state index in [9.17, 15) is 19.7 Å². The highest BCUT2D eigenvalue weighted by Gasteiger charge is 2.19. The van der Waals surface area contributed by atoms with Crippen LogP contribution in [0.15, 0.2) is 9.59 Å². The van der Waals surface area contributed by atoms with Crippen LogP contribution < -0.4 is 11.1 Å². The highest BCUT2D eigenvalue weighted by molar-refractivity contribution is 7.21. The normalized spacial score (nSPS) is 10.7. The molecule has 7 nitrogen and oxygen atoms in total. The number of nitro groups is 1. The molecule has 0 aromatic carbocycles. The number of rotatable bonds is 1. The fraction of sp³-hybridized carbons (Fsp3) is 0.143. The Bertz CT molecular complexity index is 665. The second-order valence-corrected chi connectivity index (χ2v) is 3.90. The molecule has 2 aromatic rings. The van der Waals surface area contributed by atoms with Crippen LogP contribution in [-0.2, 0) is 0 Å². The Morgan fingerprint density at radius 3 is 2.47 bits per heavy atom. The van der Waals surface area contributed by atoms with Crippen molar-refractivity contribution in [3.63, 3.8) is 0 Å². The van der Waals surface area contributed by atoms with E-state index in [2.05, 4.69) is 9.97 Å². The van der Waals surface area contributed by atoms with Crippen molar-refractivity contribution in [2.24, 2.45) is 0 Å². The summed E-state index contributed by atoms with van der Waals surface area (Å²) in [5.41, 5.74) is -0.943. The standard InChI is InChI=1S/C7H5N3O4S/c1-2-3-6(15-7(2)10(13)14)9-5(12)4(11)8-3/h1H3,(H,8,11)(H,9,12). The van der Waals surface area contributed by atoms with Crippen molar-refractivity contribution >= 4 is 26.7 Å². The number of aromatic nitrogens is 2. The molecule has 0 aliphatic rings. The summed E-state index contributed by atoms with van der Waals surface area (Å²) in [6, 6.07) is 0. The van der Waals surface area contributed by atoms with E-state index in [0.717, 1.165) is 11.3 Å². The van der Waals surface area contributed by atoms with E-state index in [4.69, 9.17) is 0 Å². The lowest BCUT2D eigenvalue weighted by Gasteiger charge is -1.88. The summed E-state index contributed by atoms with van der Waals surface area (Å²) in [6.07, 6.45) is 0. The molecule has 0 aliphatic heterocycles. The third kappa shape index (κ3) is 1.34. The molecule has 0 radical (unpaired) electrons. The molecular formula is C7H5N3O4S. The lowest BCUT2D eigenvalue weighted by molar-refractivity contribution is -0.380. The van der Waals surface area contributed by atoms with Crippen LogP contribution in [0.25, 0.3) is 10.3 Å². The largest absolute Gasteiger partial charge is 0.331 e. The molecule has 0 bridgehead atoms. The molecule has 0 aliphatic carbocycles. The molecule has 2 heterocycles. The van der Waals surface area contributed by atoms with E-state index in [1.54, 1.807) is 0 Å². The van der Waals surface area contributed by atoms with Crippen molar-refractivity contribution in [2.75, 3.05) is 0 Å². The van der Waals surface area contributed by atoms with E-state index >= 15 is 0 Å².